The second-order valence-electron chi connectivity index (χ2n) is 5.76. The fourth-order valence-corrected chi connectivity index (χ4v) is 2.85. The van der Waals surface area contributed by atoms with Gasteiger partial charge in [0.25, 0.3) is 5.91 Å². The van der Waals surface area contributed by atoms with Crippen LogP contribution < -0.4 is 5.32 Å². The van der Waals surface area contributed by atoms with Gasteiger partial charge in [-0.25, -0.2) is 0 Å². The molecule has 0 atom stereocenters. The van der Waals surface area contributed by atoms with E-state index in [9.17, 15) is 9.59 Å². The molecule has 0 saturated heterocycles. The van der Waals surface area contributed by atoms with Crippen molar-refractivity contribution in [2.24, 2.45) is 18.9 Å². The van der Waals surface area contributed by atoms with Crippen LogP contribution >= 0.6 is 0 Å². The van der Waals surface area contributed by atoms with Gasteiger partial charge in [-0.2, -0.15) is 5.10 Å². The monoisotopic (exact) mass is 293 g/mol. The van der Waals surface area contributed by atoms with E-state index in [1.165, 1.54) is 0 Å². The lowest BCUT2D eigenvalue weighted by atomic mass is 9.82. The second-order valence-corrected chi connectivity index (χ2v) is 5.76. The third kappa shape index (κ3) is 3.83. The molecule has 1 amide bonds. The van der Waals surface area contributed by atoms with Crippen LogP contribution in [0.2, 0.25) is 0 Å². The summed E-state index contributed by atoms with van der Waals surface area (Å²) in [6.45, 7) is 2.61. The summed E-state index contributed by atoms with van der Waals surface area (Å²) < 4.78 is 1.61. The van der Waals surface area contributed by atoms with E-state index in [4.69, 9.17) is 5.11 Å². The van der Waals surface area contributed by atoms with Gasteiger partial charge >= 0.3 is 5.97 Å². The van der Waals surface area contributed by atoms with Gasteiger partial charge < -0.3 is 10.4 Å². The number of nitrogens with one attached hydrogen (secondary N) is 1. The number of nitrogens with zero attached hydrogens (tertiary/aromatic N) is 2. The standard InChI is InChI=1S/C15H23N3O3/c1-3-12-8-13(18(2)17-12)14(19)16-9-10-4-6-11(7-5-10)15(20)21/h8,10-11H,3-7,9H2,1-2H3,(H,16,19)(H,20,21). The van der Waals surface area contributed by atoms with Gasteiger partial charge in [0, 0.05) is 13.6 Å². The topological polar surface area (TPSA) is 84.2 Å². The number of carboxylic acids is 1. The second kappa shape index (κ2) is 6.74. The normalized spacial score (nSPS) is 22.0. The van der Waals surface area contributed by atoms with Crippen LogP contribution in [-0.2, 0) is 18.3 Å². The molecule has 0 bridgehead atoms. The minimum absolute atomic E-state index is 0.106. The zero-order chi connectivity index (χ0) is 15.4. The van der Waals surface area contributed by atoms with E-state index in [0.717, 1.165) is 25.0 Å². The smallest absolute Gasteiger partial charge is 0.306 e. The number of carbonyl (C=O) groups is 2. The van der Waals surface area contributed by atoms with Crippen molar-refractivity contribution in [2.75, 3.05) is 6.54 Å². The predicted octanol–water partition coefficient (Wildman–Crippen LogP) is 1.60. The van der Waals surface area contributed by atoms with Crippen molar-refractivity contribution in [1.82, 2.24) is 15.1 Å². The highest BCUT2D eigenvalue weighted by atomic mass is 16.4. The molecule has 0 aromatic carbocycles. The van der Waals surface area contributed by atoms with Gasteiger partial charge in [-0.15, -0.1) is 0 Å². The quantitative estimate of drug-likeness (QED) is 0.863. The maximum atomic E-state index is 12.1. The molecule has 6 heteroatoms. The first kappa shape index (κ1) is 15.5. The van der Waals surface area contributed by atoms with E-state index in [0.29, 0.717) is 31.0 Å². The third-order valence-corrected chi connectivity index (χ3v) is 4.27. The minimum Gasteiger partial charge on any atom is -0.481 e. The van der Waals surface area contributed by atoms with Crippen molar-refractivity contribution in [2.45, 2.75) is 39.0 Å². The lowest BCUT2D eigenvalue weighted by molar-refractivity contribution is -0.143. The van der Waals surface area contributed by atoms with Crippen molar-refractivity contribution < 1.29 is 14.7 Å². The maximum Gasteiger partial charge on any atom is 0.306 e. The number of hydrogen-bond donors (Lipinski definition) is 2. The van der Waals surface area contributed by atoms with Gasteiger partial charge in [0.1, 0.15) is 5.69 Å². The molecule has 1 aromatic heterocycles. The third-order valence-electron chi connectivity index (χ3n) is 4.27. The highest BCUT2D eigenvalue weighted by Gasteiger charge is 2.26. The number of aliphatic carboxylic acids is 1. The molecule has 2 rings (SSSR count). The summed E-state index contributed by atoms with van der Waals surface area (Å²) in [5.74, 6) is -0.630. The zero-order valence-electron chi connectivity index (χ0n) is 12.6. The summed E-state index contributed by atoms with van der Waals surface area (Å²) in [7, 11) is 1.77. The number of rotatable bonds is 5. The summed E-state index contributed by atoms with van der Waals surface area (Å²) in [4.78, 5) is 23.0. The van der Waals surface area contributed by atoms with Crippen molar-refractivity contribution in [3.8, 4) is 0 Å². The maximum absolute atomic E-state index is 12.1. The Bertz CT molecular complexity index is 516. The van der Waals surface area contributed by atoms with E-state index in [-0.39, 0.29) is 11.8 Å². The van der Waals surface area contributed by atoms with E-state index in [2.05, 4.69) is 10.4 Å². The van der Waals surface area contributed by atoms with Crippen molar-refractivity contribution in [3.05, 3.63) is 17.5 Å². The van der Waals surface area contributed by atoms with Crippen LogP contribution in [0, 0.1) is 11.8 Å². The van der Waals surface area contributed by atoms with Crippen molar-refractivity contribution in [3.63, 3.8) is 0 Å². The lowest BCUT2D eigenvalue weighted by Crippen LogP contribution is -2.33. The molecule has 0 aliphatic heterocycles. The van der Waals surface area contributed by atoms with Gasteiger partial charge in [0.2, 0.25) is 0 Å². The number of amides is 1. The number of aromatic nitrogens is 2. The Kier molecular flexibility index (Phi) is 4.98. The fraction of sp³-hybridized carbons (Fsp3) is 0.667. The highest BCUT2D eigenvalue weighted by Crippen LogP contribution is 2.28. The molecule has 0 spiro atoms. The molecule has 0 radical (unpaired) electrons. The number of carboxylic acid groups (broad SMARTS) is 1. The first-order chi connectivity index (χ1) is 10.0. The highest BCUT2D eigenvalue weighted by molar-refractivity contribution is 5.92. The minimum atomic E-state index is -0.695. The van der Waals surface area contributed by atoms with Gasteiger partial charge in [0.05, 0.1) is 11.6 Å². The first-order valence-electron chi connectivity index (χ1n) is 7.55. The summed E-state index contributed by atoms with van der Waals surface area (Å²) in [6.07, 6.45) is 3.95. The van der Waals surface area contributed by atoms with E-state index in [1.54, 1.807) is 11.7 Å². The summed E-state index contributed by atoms with van der Waals surface area (Å²) >= 11 is 0. The Morgan fingerprint density at radius 3 is 2.57 bits per heavy atom. The molecular weight excluding hydrogens is 270 g/mol. The van der Waals surface area contributed by atoms with Gasteiger partial charge in [-0.3, -0.25) is 14.3 Å². The van der Waals surface area contributed by atoms with Crippen molar-refractivity contribution in [1.29, 1.82) is 0 Å². The van der Waals surface area contributed by atoms with Crippen LogP contribution in [-0.4, -0.2) is 33.3 Å². The molecule has 1 saturated carbocycles. The van der Waals surface area contributed by atoms with E-state index >= 15 is 0 Å². The van der Waals surface area contributed by atoms with Crippen LogP contribution in [0.5, 0.6) is 0 Å². The predicted molar refractivity (Wildman–Crippen MR) is 78.0 cm³/mol. The zero-order valence-corrected chi connectivity index (χ0v) is 12.6. The number of carbonyl (C=O) groups excluding carboxylic acids is 1. The largest absolute Gasteiger partial charge is 0.481 e. The Hall–Kier alpha value is -1.85. The summed E-state index contributed by atoms with van der Waals surface area (Å²) in [5.41, 5.74) is 1.48. The average Bonchev–Trinajstić information content (AvgIpc) is 2.86. The molecule has 1 aliphatic carbocycles. The molecule has 6 nitrogen and oxygen atoms in total. The first-order valence-corrected chi connectivity index (χ1v) is 7.55. The Balaban J connectivity index is 1.82. The molecule has 1 aromatic rings. The molecule has 2 N–H and O–H groups in total. The van der Waals surface area contributed by atoms with E-state index in [1.807, 2.05) is 13.0 Å². The average molecular weight is 293 g/mol. The molecule has 1 fully saturated rings. The van der Waals surface area contributed by atoms with E-state index < -0.39 is 5.97 Å². The Morgan fingerprint density at radius 2 is 2.05 bits per heavy atom. The van der Waals surface area contributed by atoms with Crippen LogP contribution in [0.3, 0.4) is 0 Å². The van der Waals surface area contributed by atoms with Crippen molar-refractivity contribution >= 4 is 11.9 Å². The van der Waals surface area contributed by atoms with Crippen LogP contribution in [0.4, 0.5) is 0 Å². The summed E-state index contributed by atoms with van der Waals surface area (Å²) in [5, 5.41) is 16.2. The SMILES string of the molecule is CCc1cc(C(=O)NCC2CCC(C(=O)O)CC2)n(C)n1. The Morgan fingerprint density at radius 1 is 1.38 bits per heavy atom. The molecule has 0 unspecified atom stereocenters. The molecular formula is C15H23N3O3. The van der Waals surface area contributed by atoms with Gasteiger partial charge in [-0.05, 0) is 44.1 Å². The molecule has 1 heterocycles. The van der Waals surface area contributed by atoms with Gasteiger partial charge in [-0.1, -0.05) is 6.92 Å². The van der Waals surface area contributed by atoms with Gasteiger partial charge in [0.15, 0.2) is 0 Å². The Labute approximate surface area is 124 Å². The molecule has 1 aliphatic rings. The van der Waals surface area contributed by atoms with Crippen LogP contribution in [0.15, 0.2) is 6.07 Å². The lowest BCUT2D eigenvalue weighted by Gasteiger charge is -2.26. The van der Waals surface area contributed by atoms with Crippen LogP contribution in [0.25, 0.3) is 0 Å². The summed E-state index contributed by atoms with van der Waals surface area (Å²) in [6, 6.07) is 1.82. The molecule has 21 heavy (non-hydrogen) atoms. The fourth-order valence-electron chi connectivity index (χ4n) is 2.85. The van der Waals surface area contributed by atoms with Crippen LogP contribution in [0.1, 0.15) is 48.8 Å². The number of hydrogen-bond acceptors (Lipinski definition) is 3. The number of aryl methyl sites for hydroxylation is 2. The molecule has 116 valence electrons.